The van der Waals surface area contributed by atoms with Crippen LogP contribution in [0.4, 0.5) is 0 Å². The van der Waals surface area contributed by atoms with Crippen LogP contribution in [0, 0.1) is 0 Å². The van der Waals surface area contributed by atoms with E-state index in [1.165, 1.54) is 58.5 Å². The van der Waals surface area contributed by atoms with Gasteiger partial charge >= 0.3 is 0 Å². The summed E-state index contributed by atoms with van der Waals surface area (Å²) >= 11 is 0. The van der Waals surface area contributed by atoms with E-state index in [1.54, 1.807) is 0 Å². The summed E-state index contributed by atoms with van der Waals surface area (Å²) in [4.78, 5) is 5.14. The van der Waals surface area contributed by atoms with E-state index in [-0.39, 0.29) is 0 Å². The lowest BCUT2D eigenvalue weighted by atomic mass is 10.1. The largest absolute Gasteiger partial charge is 0.315 e. The molecule has 3 heteroatoms. The van der Waals surface area contributed by atoms with Crippen LogP contribution in [0.5, 0.6) is 0 Å². The third kappa shape index (κ3) is 2.69. The van der Waals surface area contributed by atoms with Crippen LogP contribution < -0.4 is 5.32 Å². The van der Waals surface area contributed by atoms with E-state index in [9.17, 15) is 0 Å². The Morgan fingerprint density at radius 2 is 2.00 bits per heavy atom. The molecule has 0 aromatic carbocycles. The van der Waals surface area contributed by atoms with Gasteiger partial charge in [0.2, 0.25) is 0 Å². The van der Waals surface area contributed by atoms with Crippen molar-refractivity contribution in [2.45, 2.75) is 25.3 Å². The Kier molecular flexibility index (Phi) is 3.79. The Morgan fingerprint density at radius 1 is 1.07 bits per heavy atom. The number of nitrogens with one attached hydrogen (secondary N) is 1. The zero-order valence-electron chi connectivity index (χ0n) is 9.34. The predicted molar refractivity (Wildman–Crippen MR) is 59.6 cm³/mol. The molecular weight excluding hydrogens is 174 g/mol. The number of rotatable bonds is 1. The molecule has 0 bridgehead atoms. The number of nitrogens with zero attached hydrogens (tertiary/aromatic N) is 2. The predicted octanol–water partition coefficient (Wildman–Crippen LogP) is 0.376. The molecule has 0 amide bonds. The molecule has 2 fully saturated rings. The number of likely N-dealkylation sites (N-methyl/N-ethyl adjacent to an activating group) is 1. The van der Waals surface area contributed by atoms with Crippen LogP contribution in [0.2, 0.25) is 0 Å². The molecular formula is C11H23N3. The van der Waals surface area contributed by atoms with Crippen LogP contribution in [-0.4, -0.2) is 62.2 Å². The molecule has 0 aromatic heterocycles. The minimum atomic E-state index is 0.815. The van der Waals surface area contributed by atoms with E-state index in [1.807, 2.05) is 0 Å². The van der Waals surface area contributed by atoms with Crippen molar-refractivity contribution >= 4 is 0 Å². The second-order valence-electron chi connectivity index (χ2n) is 4.69. The summed E-state index contributed by atoms with van der Waals surface area (Å²) in [7, 11) is 2.24. The van der Waals surface area contributed by atoms with Gasteiger partial charge in [-0.15, -0.1) is 0 Å². The number of hydrogen-bond acceptors (Lipinski definition) is 3. The first kappa shape index (κ1) is 10.4. The molecule has 1 atom stereocenters. The fourth-order valence-corrected chi connectivity index (χ4v) is 2.58. The van der Waals surface area contributed by atoms with Crippen molar-refractivity contribution < 1.29 is 0 Å². The zero-order valence-corrected chi connectivity index (χ0v) is 9.34. The van der Waals surface area contributed by atoms with E-state index in [4.69, 9.17) is 0 Å². The SMILES string of the molecule is CN1CCCN(C2CCCNC2)CC1. The minimum Gasteiger partial charge on any atom is -0.315 e. The highest BCUT2D eigenvalue weighted by molar-refractivity contribution is 4.80. The Labute approximate surface area is 87.4 Å². The molecule has 2 heterocycles. The van der Waals surface area contributed by atoms with Gasteiger partial charge in [0.1, 0.15) is 0 Å². The molecule has 14 heavy (non-hydrogen) atoms. The average Bonchev–Trinajstić information content (AvgIpc) is 2.44. The molecule has 0 aromatic rings. The summed E-state index contributed by atoms with van der Waals surface area (Å²) in [5.74, 6) is 0. The lowest BCUT2D eigenvalue weighted by Crippen LogP contribution is -2.47. The highest BCUT2D eigenvalue weighted by Crippen LogP contribution is 2.12. The molecule has 3 nitrogen and oxygen atoms in total. The van der Waals surface area contributed by atoms with Crippen LogP contribution in [0.15, 0.2) is 0 Å². The molecule has 0 aliphatic carbocycles. The Morgan fingerprint density at radius 3 is 2.79 bits per heavy atom. The van der Waals surface area contributed by atoms with Crippen molar-refractivity contribution in [3.05, 3.63) is 0 Å². The molecule has 2 saturated heterocycles. The normalized spacial score (nSPS) is 32.8. The summed E-state index contributed by atoms with van der Waals surface area (Å²) in [5, 5.41) is 3.51. The van der Waals surface area contributed by atoms with E-state index >= 15 is 0 Å². The first-order valence-electron chi connectivity index (χ1n) is 5.99. The lowest BCUT2D eigenvalue weighted by Gasteiger charge is -2.33. The van der Waals surface area contributed by atoms with Crippen molar-refractivity contribution in [2.24, 2.45) is 0 Å². The van der Waals surface area contributed by atoms with Crippen molar-refractivity contribution in [3.8, 4) is 0 Å². The number of piperidine rings is 1. The quantitative estimate of drug-likeness (QED) is 0.655. The van der Waals surface area contributed by atoms with Gasteiger partial charge in [-0.3, -0.25) is 4.90 Å². The van der Waals surface area contributed by atoms with E-state index < -0.39 is 0 Å². The summed E-state index contributed by atoms with van der Waals surface area (Å²) in [6.45, 7) is 7.53. The van der Waals surface area contributed by atoms with Crippen LogP contribution in [0.25, 0.3) is 0 Å². The Hall–Kier alpha value is -0.120. The second kappa shape index (κ2) is 5.10. The molecule has 82 valence electrons. The summed E-state index contributed by atoms with van der Waals surface area (Å²) < 4.78 is 0. The van der Waals surface area contributed by atoms with Gasteiger partial charge in [0, 0.05) is 25.7 Å². The molecule has 2 aliphatic rings. The second-order valence-corrected chi connectivity index (χ2v) is 4.69. The summed E-state index contributed by atoms with van der Waals surface area (Å²) in [6.07, 6.45) is 4.10. The van der Waals surface area contributed by atoms with Gasteiger partial charge in [0.05, 0.1) is 0 Å². The van der Waals surface area contributed by atoms with Crippen molar-refractivity contribution in [2.75, 3.05) is 46.3 Å². The minimum absolute atomic E-state index is 0.815. The molecule has 0 radical (unpaired) electrons. The van der Waals surface area contributed by atoms with E-state index in [0.717, 1.165) is 6.04 Å². The van der Waals surface area contributed by atoms with Gasteiger partial charge in [-0.1, -0.05) is 0 Å². The van der Waals surface area contributed by atoms with E-state index in [2.05, 4.69) is 22.2 Å². The van der Waals surface area contributed by atoms with Gasteiger partial charge in [0.15, 0.2) is 0 Å². The van der Waals surface area contributed by atoms with Gasteiger partial charge in [0.25, 0.3) is 0 Å². The Bertz CT molecular complexity index is 166. The third-order valence-corrected chi connectivity index (χ3v) is 3.54. The topological polar surface area (TPSA) is 18.5 Å². The van der Waals surface area contributed by atoms with E-state index in [0.29, 0.717) is 0 Å². The molecule has 2 aliphatic heterocycles. The highest BCUT2D eigenvalue weighted by atomic mass is 15.2. The molecule has 0 spiro atoms. The lowest BCUT2D eigenvalue weighted by molar-refractivity contribution is 0.171. The first-order valence-corrected chi connectivity index (χ1v) is 5.99. The summed E-state index contributed by atoms with van der Waals surface area (Å²) in [6, 6.07) is 0.815. The van der Waals surface area contributed by atoms with Gasteiger partial charge < -0.3 is 10.2 Å². The summed E-state index contributed by atoms with van der Waals surface area (Å²) in [5.41, 5.74) is 0. The number of hydrogen-bond donors (Lipinski definition) is 1. The average molecular weight is 197 g/mol. The fourth-order valence-electron chi connectivity index (χ4n) is 2.58. The van der Waals surface area contributed by atoms with Gasteiger partial charge in [-0.05, 0) is 45.9 Å². The third-order valence-electron chi connectivity index (χ3n) is 3.54. The Balaban J connectivity index is 1.83. The zero-order chi connectivity index (χ0) is 9.80. The van der Waals surface area contributed by atoms with Crippen LogP contribution in [0.3, 0.4) is 0 Å². The van der Waals surface area contributed by atoms with Crippen molar-refractivity contribution in [3.63, 3.8) is 0 Å². The maximum absolute atomic E-state index is 3.51. The molecule has 1 unspecified atom stereocenters. The molecule has 1 N–H and O–H groups in total. The monoisotopic (exact) mass is 197 g/mol. The van der Waals surface area contributed by atoms with Gasteiger partial charge in [-0.2, -0.15) is 0 Å². The van der Waals surface area contributed by atoms with Crippen molar-refractivity contribution in [1.29, 1.82) is 0 Å². The molecule has 2 rings (SSSR count). The maximum atomic E-state index is 3.51. The highest BCUT2D eigenvalue weighted by Gasteiger charge is 2.22. The maximum Gasteiger partial charge on any atom is 0.0221 e. The first-order chi connectivity index (χ1) is 6.86. The van der Waals surface area contributed by atoms with Gasteiger partial charge in [-0.25, -0.2) is 0 Å². The van der Waals surface area contributed by atoms with Crippen LogP contribution >= 0.6 is 0 Å². The smallest absolute Gasteiger partial charge is 0.0221 e. The fraction of sp³-hybridized carbons (Fsp3) is 1.00. The molecule has 0 saturated carbocycles. The standard InChI is InChI=1S/C11H23N3/c1-13-6-3-7-14(9-8-13)11-4-2-5-12-10-11/h11-12H,2-10H2,1H3. The van der Waals surface area contributed by atoms with Crippen molar-refractivity contribution in [1.82, 2.24) is 15.1 Å². The van der Waals surface area contributed by atoms with Crippen LogP contribution in [0.1, 0.15) is 19.3 Å². The van der Waals surface area contributed by atoms with Crippen LogP contribution in [-0.2, 0) is 0 Å².